The normalized spacial score (nSPS) is 10.7. The summed E-state index contributed by atoms with van der Waals surface area (Å²) in [4.78, 5) is 12.1. The van der Waals surface area contributed by atoms with E-state index in [9.17, 15) is 4.79 Å². The Morgan fingerprint density at radius 1 is 1.23 bits per heavy atom. The van der Waals surface area contributed by atoms with Gasteiger partial charge in [-0.2, -0.15) is 0 Å². The van der Waals surface area contributed by atoms with E-state index in [1.807, 2.05) is 31.2 Å². The van der Waals surface area contributed by atoms with Gasteiger partial charge in [0.05, 0.1) is 16.5 Å². The second kappa shape index (κ2) is 7.99. The molecule has 0 fully saturated rings. The van der Waals surface area contributed by atoms with Crippen molar-refractivity contribution in [3.63, 3.8) is 0 Å². The highest BCUT2D eigenvalue weighted by atomic mass is 35.5. The summed E-state index contributed by atoms with van der Waals surface area (Å²) in [5.74, 6) is 6.48. The maximum atomic E-state index is 12.1. The van der Waals surface area contributed by atoms with E-state index >= 15 is 0 Å². The Bertz CT molecular complexity index is 960. The van der Waals surface area contributed by atoms with Crippen LogP contribution in [-0.2, 0) is 4.79 Å². The third-order valence-corrected chi connectivity index (χ3v) is 4.97. The molecule has 3 aromatic rings. The molecule has 134 valence electrons. The second-order valence-corrected chi connectivity index (χ2v) is 7.29. The summed E-state index contributed by atoms with van der Waals surface area (Å²) >= 11 is 13.1. The first kappa shape index (κ1) is 18.6. The van der Waals surface area contributed by atoms with Crippen molar-refractivity contribution in [3.8, 4) is 11.4 Å². The molecule has 0 aliphatic heterocycles. The lowest BCUT2D eigenvalue weighted by molar-refractivity contribution is -0.113. The van der Waals surface area contributed by atoms with Crippen LogP contribution in [0.3, 0.4) is 0 Å². The Morgan fingerprint density at radius 2 is 2.04 bits per heavy atom. The third-order valence-electron chi connectivity index (χ3n) is 3.48. The highest BCUT2D eigenvalue weighted by molar-refractivity contribution is 7.99. The number of nitrogens with zero attached hydrogens (tertiary/aromatic N) is 3. The molecule has 0 unspecified atom stereocenters. The molecule has 1 amide bonds. The monoisotopic (exact) mass is 407 g/mol. The number of nitrogens with two attached hydrogens (primary N) is 1. The predicted molar refractivity (Wildman–Crippen MR) is 106 cm³/mol. The lowest BCUT2D eigenvalue weighted by Gasteiger charge is -2.07. The van der Waals surface area contributed by atoms with Crippen LogP contribution in [0.25, 0.3) is 11.4 Å². The van der Waals surface area contributed by atoms with E-state index in [1.54, 1.807) is 18.2 Å². The number of nitrogens with one attached hydrogen (secondary N) is 1. The van der Waals surface area contributed by atoms with Crippen molar-refractivity contribution in [2.75, 3.05) is 16.9 Å². The average molecular weight is 408 g/mol. The lowest BCUT2D eigenvalue weighted by atomic mass is 10.1. The Morgan fingerprint density at radius 3 is 2.77 bits per heavy atom. The van der Waals surface area contributed by atoms with Crippen molar-refractivity contribution in [2.24, 2.45) is 0 Å². The van der Waals surface area contributed by atoms with E-state index < -0.39 is 0 Å². The molecule has 0 radical (unpaired) electrons. The highest BCUT2D eigenvalue weighted by Gasteiger charge is 2.14. The molecule has 9 heteroatoms. The molecule has 2 aromatic carbocycles. The molecule has 3 rings (SSSR count). The number of hydrogen-bond donors (Lipinski definition) is 2. The van der Waals surface area contributed by atoms with E-state index in [0.29, 0.717) is 26.7 Å². The van der Waals surface area contributed by atoms with Crippen molar-refractivity contribution in [1.29, 1.82) is 0 Å². The van der Waals surface area contributed by atoms with Gasteiger partial charge in [-0.1, -0.05) is 58.7 Å². The summed E-state index contributed by atoms with van der Waals surface area (Å²) in [5, 5.41) is 12.2. The highest BCUT2D eigenvalue weighted by Crippen LogP contribution is 2.26. The maximum absolute atomic E-state index is 12.1. The van der Waals surface area contributed by atoms with Crippen molar-refractivity contribution in [3.05, 3.63) is 58.1 Å². The summed E-state index contributed by atoms with van der Waals surface area (Å²) in [6.45, 7) is 1.99. The van der Waals surface area contributed by atoms with Crippen molar-refractivity contribution >= 4 is 46.6 Å². The number of anilines is 1. The molecular weight excluding hydrogens is 393 g/mol. The number of aryl methyl sites for hydroxylation is 1. The second-order valence-electron chi connectivity index (χ2n) is 5.51. The SMILES string of the molecule is Cc1cccc(-c2nnc(SCC(=O)Nc3ccc(Cl)cc3Cl)n2N)c1. The predicted octanol–water partition coefficient (Wildman–Crippen LogP) is 4.00. The fourth-order valence-corrected chi connectivity index (χ4v) is 3.38. The summed E-state index contributed by atoms with van der Waals surface area (Å²) in [6.07, 6.45) is 0. The summed E-state index contributed by atoms with van der Waals surface area (Å²) in [5.41, 5.74) is 2.46. The molecule has 0 saturated heterocycles. The summed E-state index contributed by atoms with van der Waals surface area (Å²) < 4.78 is 1.38. The zero-order valence-electron chi connectivity index (χ0n) is 13.7. The molecular formula is C17H15Cl2N5OS. The number of carbonyl (C=O) groups is 1. The van der Waals surface area contributed by atoms with Gasteiger partial charge < -0.3 is 11.2 Å². The zero-order chi connectivity index (χ0) is 18.7. The van der Waals surface area contributed by atoms with Gasteiger partial charge in [-0.05, 0) is 31.2 Å². The smallest absolute Gasteiger partial charge is 0.234 e. The molecule has 0 aliphatic rings. The number of carbonyl (C=O) groups excluding carboxylic acids is 1. The number of nitrogen functional groups attached to an aromatic ring is 1. The molecule has 0 saturated carbocycles. The molecule has 0 aliphatic carbocycles. The Kier molecular flexibility index (Phi) is 5.70. The summed E-state index contributed by atoms with van der Waals surface area (Å²) in [7, 11) is 0. The number of thioether (sulfide) groups is 1. The molecule has 26 heavy (non-hydrogen) atoms. The van der Waals surface area contributed by atoms with E-state index in [4.69, 9.17) is 29.0 Å². The number of rotatable bonds is 5. The van der Waals surface area contributed by atoms with Gasteiger partial charge in [0.25, 0.3) is 0 Å². The van der Waals surface area contributed by atoms with Gasteiger partial charge in [0.1, 0.15) is 0 Å². The Hall–Kier alpha value is -2.22. The largest absolute Gasteiger partial charge is 0.335 e. The van der Waals surface area contributed by atoms with E-state index in [-0.39, 0.29) is 11.7 Å². The van der Waals surface area contributed by atoms with Gasteiger partial charge in [-0.3, -0.25) is 4.79 Å². The Balaban J connectivity index is 1.66. The number of hydrogen-bond acceptors (Lipinski definition) is 5. The van der Waals surface area contributed by atoms with Crippen LogP contribution in [0.4, 0.5) is 5.69 Å². The van der Waals surface area contributed by atoms with Gasteiger partial charge in [-0.15, -0.1) is 10.2 Å². The van der Waals surface area contributed by atoms with Crippen LogP contribution in [-0.4, -0.2) is 26.5 Å². The number of aromatic nitrogens is 3. The lowest BCUT2D eigenvalue weighted by Crippen LogP contribution is -2.16. The van der Waals surface area contributed by atoms with Crippen LogP contribution in [0.2, 0.25) is 10.0 Å². The van der Waals surface area contributed by atoms with Crippen molar-refractivity contribution < 1.29 is 4.79 Å². The van der Waals surface area contributed by atoms with Gasteiger partial charge in [0, 0.05) is 10.6 Å². The van der Waals surface area contributed by atoms with Crippen molar-refractivity contribution in [1.82, 2.24) is 14.9 Å². The van der Waals surface area contributed by atoms with Crippen LogP contribution in [0.5, 0.6) is 0 Å². The van der Waals surface area contributed by atoms with Crippen LogP contribution in [0.1, 0.15) is 5.56 Å². The molecule has 0 spiro atoms. The minimum absolute atomic E-state index is 0.113. The third kappa shape index (κ3) is 4.30. The Labute approximate surface area is 164 Å². The van der Waals surface area contributed by atoms with Crippen molar-refractivity contribution in [2.45, 2.75) is 12.1 Å². The number of benzene rings is 2. The van der Waals surface area contributed by atoms with Crippen LogP contribution >= 0.6 is 35.0 Å². The first-order valence-corrected chi connectivity index (χ1v) is 9.33. The first-order chi connectivity index (χ1) is 12.4. The average Bonchev–Trinajstić information content (AvgIpc) is 2.96. The number of halogens is 2. The van der Waals surface area contributed by atoms with E-state index in [0.717, 1.165) is 11.1 Å². The van der Waals surface area contributed by atoms with Gasteiger partial charge in [0.2, 0.25) is 11.1 Å². The van der Waals surface area contributed by atoms with E-state index in [1.165, 1.54) is 16.4 Å². The number of amides is 1. The van der Waals surface area contributed by atoms with Crippen LogP contribution < -0.4 is 11.2 Å². The standard InChI is InChI=1S/C17H15Cl2N5OS/c1-10-3-2-4-11(7-10)16-22-23-17(24(16)20)26-9-15(25)21-14-6-5-12(18)8-13(14)19/h2-8H,9,20H2,1H3,(H,21,25). The summed E-state index contributed by atoms with van der Waals surface area (Å²) in [6, 6.07) is 12.7. The molecule has 3 N–H and O–H groups in total. The maximum Gasteiger partial charge on any atom is 0.234 e. The minimum atomic E-state index is -0.237. The molecule has 1 aromatic heterocycles. The fourth-order valence-electron chi connectivity index (χ4n) is 2.26. The van der Waals surface area contributed by atoms with Gasteiger partial charge in [-0.25, -0.2) is 4.68 Å². The first-order valence-electron chi connectivity index (χ1n) is 7.59. The quantitative estimate of drug-likeness (QED) is 0.492. The van der Waals surface area contributed by atoms with Gasteiger partial charge >= 0.3 is 0 Å². The van der Waals surface area contributed by atoms with Gasteiger partial charge in [0.15, 0.2) is 5.82 Å². The molecule has 0 atom stereocenters. The van der Waals surface area contributed by atoms with Crippen LogP contribution in [0, 0.1) is 6.92 Å². The molecule has 0 bridgehead atoms. The molecule has 6 nitrogen and oxygen atoms in total. The fraction of sp³-hybridized carbons (Fsp3) is 0.118. The topological polar surface area (TPSA) is 85.8 Å². The minimum Gasteiger partial charge on any atom is -0.335 e. The van der Waals surface area contributed by atoms with Crippen LogP contribution in [0.15, 0.2) is 47.6 Å². The zero-order valence-corrected chi connectivity index (χ0v) is 16.1. The molecule has 1 heterocycles. The van der Waals surface area contributed by atoms with E-state index in [2.05, 4.69) is 15.5 Å².